The number of allylic oxidation sites excluding steroid dienone is 2. The molecule has 1 aromatic carbocycles. The average Bonchev–Trinajstić information content (AvgIpc) is 3.01. The number of carbonyl (C=O) groups is 1. The number of halogens is 1. The number of hydrogen-bond donors (Lipinski definition) is 3. The van der Waals surface area contributed by atoms with Crippen molar-refractivity contribution >= 4 is 17.6 Å². The molecule has 0 aromatic heterocycles. The van der Waals surface area contributed by atoms with Gasteiger partial charge in [-0.3, -0.25) is 4.79 Å². The van der Waals surface area contributed by atoms with Gasteiger partial charge >= 0.3 is 5.97 Å². The highest BCUT2D eigenvalue weighted by Crippen LogP contribution is 2.45. The summed E-state index contributed by atoms with van der Waals surface area (Å²) in [6.45, 7) is 6.30. The van der Waals surface area contributed by atoms with Crippen molar-refractivity contribution in [3.8, 4) is 0 Å². The van der Waals surface area contributed by atoms with Crippen LogP contribution < -0.4 is 0 Å². The largest absolute Gasteiger partial charge is 0.481 e. The summed E-state index contributed by atoms with van der Waals surface area (Å²) in [5.41, 5.74) is 1.86. The second kappa shape index (κ2) is 12.0. The molecule has 0 bridgehead atoms. The lowest BCUT2D eigenvalue weighted by atomic mass is 9.76. The van der Waals surface area contributed by atoms with Gasteiger partial charge in [-0.1, -0.05) is 70.0 Å². The topological polar surface area (TPSA) is 77.8 Å². The molecule has 31 heavy (non-hydrogen) atoms. The van der Waals surface area contributed by atoms with Gasteiger partial charge < -0.3 is 15.3 Å². The summed E-state index contributed by atoms with van der Waals surface area (Å²) >= 11 is 6.59. The third kappa shape index (κ3) is 7.06. The van der Waals surface area contributed by atoms with Gasteiger partial charge in [-0.05, 0) is 49.1 Å². The number of aliphatic hydroxyl groups is 2. The minimum Gasteiger partial charge on any atom is -0.481 e. The van der Waals surface area contributed by atoms with Gasteiger partial charge in [-0.15, -0.1) is 11.6 Å². The molecule has 2 rings (SSSR count). The zero-order valence-electron chi connectivity index (χ0n) is 19.1. The molecule has 0 aliphatic heterocycles. The van der Waals surface area contributed by atoms with Gasteiger partial charge in [0.05, 0.1) is 12.2 Å². The van der Waals surface area contributed by atoms with Crippen molar-refractivity contribution in [1.29, 1.82) is 0 Å². The predicted octanol–water partition coefficient (Wildman–Crippen LogP) is 5.79. The lowest BCUT2D eigenvalue weighted by molar-refractivity contribution is -0.137. The second-order valence-electron chi connectivity index (χ2n) is 9.50. The standard InChI is InChI=1S/C26H39ClO4/c1-4-5-11-23(29)26(2,3)19-15-13-18(14-16-19)25-20(21(27)17-22(25)28)10-8-6-7-9-12-24(30)31/h6,8,13-16,20-23,25,28-29H,4-5,7,9-12,17H2,1-3H3,(H,30,31)/b8-6-/t20-,21-,22+,23?,25+/m0/s1. The first kappa shape index (κ1) is 25.9. The fraction of sp³-hybridized carbons (Fsp3) is 0.654. The van der Waals surface area contributed by atoms with Crippen molar-refractivity contribution < 1.29 is 20.1 Å². The van der Waals surface area contributed by atoms with Crippen LogP contribution in [0.25, 0.3) is 0 Å². The monoisotopic (exact) mass is 450 g/mol. The number of carboxylic acid groups (broad SMARTS) is 1. The van der Waals surface area contributed by atoms with Crippen LogP contribution in [-0.2, 0) is 10.2 Å². The molecule has 0 spiro atoms. The number of unbranched alkanes of at least 4 members (excludes halogenated alkanes) is 2. The van der Waals surface area contributed by atoms with Crippen LogP contribution in [0.1, 0.15) is 89.2 Å². The van der Waals surface area contributed by atoms with Crippen LogP contribution in [-0.4, -0.2) is 38.9 Å². The van der Waals surface area contributed by atoms with E-state index in [1.54, 1.807) is 0 Å². The molecule has 3 N–H and O–H groups in total. The zero-order valence-corrected chi connectivity index (χ0v) is 19.9. The van der Waals surface area contributed by atoms with Crippen molar-refractivity contribution in [3.05, 3.63) is 47.5 Å². The number of rotatable bonds is 12. The molecule has 0 heterocycles. The van der Waals surface area contributed by atoms with E-state index in [0.717, 1.165) is 43.2 Å². The van der Waals surface area contributed by atoms with Gasteiger partial charge in [0.25, 0.3) is 0 Å². The molecule has 0 saturated heterocycles. The number of aliphatic hydroxyl groups excluding tert-OH is 2. The first-order valence-electron chi connectivity index (χ1n) is 11.7. The molecule has 5 heteroatoms. The molecule has 4 nitrogen and oxygen atoms in total. The van der Waals surface area contributed by atoms with E-state index in [4.69, 9.17) is 16.7 Å². The van der Waals surface area contributed by atoms with E-state index in [-0.39, 0.29) is 35.2 Å². The van der Waals surface area contributed by atoms with Crippen molar-refractivity contribution in [2.75, 3.05) is 0 Å². The van der Waals surface area contributed by atoms with Crippen molar-refractivity contribution in [2.45, 2.75) is 101 Å². The summed E-state index contributed by atoms with van der Waals surface area (Å²) in [6.07, 6.45) is 9.02. The number of benzene rings is 1. The van der Waals surface area contributed by atoms with E-state index in [1.165, 1.54) is 0 Å². The summed E-state index contributed by atoms with van der Waals surface area (Å²) in [5, 5.41) is 30.0. The lowest BCUT2D eigenvalue weighted by Crippen LogP contribution is -2.33. The van der Waals surface area contributed by atoms with Crippen molar-refractivity contribution in [3.63, 3.8) is 0 Å². The summed E-state index contributed by atoms with van der Waals surface area (Å²) in [7, 11) is 0. The Bertz CT molecular complexity index is 713. The number of carboxylic acids is 1. The van der Waals surface area contributed by atoms with Crippen LogP contribution in [0.3, 0.4) is 0 Å². The molecule has 1 aromatic rings. The smallest absolute Gasteiger partial charge is 0.303 e. The highest BCUT2D eigenvalue weighted by Gasteiger charge is 2.41. The SMILES string of the molecule is CCCCC(O)C(C)(C)c1ccc([C@@H]2[C@@H](C/C=C\CCCC(=O)O)[C@@H](Cl)C[C@H]2O)cc1. The van der Waals surface area contributed by atoms with Gasteiger partial charge in [-0.2, -0.15) is 0 Å². The number of hydrogen-bond acceptors (Lipinski definition) is 3. The van der Waals surface area contributed by atoms with E-state index in [1.807, 2.05) is 6.08 Å². The van der Waals surface area contributed by atoms with Crippen molar-refractivity contribution in [2.24, 2.45) is 5.92 Å². The Morgan fingerprint density at radius 1 is 1.23 bits per heavy atom. The average molecular weight is 451 g/mol. The lowest BCUT2D eigenvalue weighted by Gasteiger charge is -2.32. The third-order valence-corrected chi connectivity index (χ3v) is 7.35. The minimum atomic E-state index is -0.766. The van der Waals surface area contributed by atoms with Gasteiger partial charge in [0.15, 0.2) is 0 Å². The molecule has 1 saturated carbocycles. The molecular formula is C26H39ClO4. The number of aliphatic carboxylic acids is 1. The Morgan fingerprint density at radius 2 is 1.90 bits per heavy atom. The first-order valence-corrected chi connectivity index (χ1v) is 12.1. The van der Waals surface area contributed by atoms with Crippen LogP contribution >= 0.6 is 11.6 Å². The normalized spacial score (nSPS) is 25.2. The Morgan fingerprint density at radius 3 is 2.52 bits per heavy atom. The molecule has 1 fully saturated rings. The van der Waals surface area contributed by atoms with E-state index >= 15 is 0 Å². The van der Waals surface area contributed by atoms with Crippen LogP contribution in [0.4, 0.5) is 0 Å². The van der Waals surface area contributed by atoms with E-state index in [2.05, 4.69) is 51.1 Å². The van der Waals surface area contributed by atoms with Crippen LogP contribution in [0, 0.1) is 5.92 Å². The maximum absolute atomic E-state index is 10.7. The first-order chi connectivity index (χ1) is 14.7. The van der Waals surface area contributed by atoms with E-state index in [9.17, 15) is 15.0 Å². The number of alkyl halides is 1. The van der Waals surface area contributed by atoms with E-state index < -0.39 is 12.1 Å². The Hall–Kier alpha value is -1.36. The predicted molar refractivity (Wildman–Crippen MR) is 127 cm³/mol. The van der Waals surface area contributed by atoms with Crippen LogP contribution in [0.2, 0.25) is 0 Å². The maximum atomic E-state index is 10.7. The summed E-state index contributed by atoms with van der Waals surface area (Å²) in [6, 6.07) is 8.32. The maximum Gasteiger partial charge on any atom is 0.303 e. The van der Waals surface area contributed by atoms with Crippen molar-refractivity contribution in [1.82, 2.24) is 0 Å². The molecule has 1 aliphatic carbocycles. The second-order valence-corrected chi connectivity index (χ2v) is 10.1. The summed E-state index contributed by atoms with van der Waals surface area (Å²) in [4.78, 5) is 10.6. The molecular weight excluding hydrogens is 412 g/mol. The third-order valence-electron chi connectivity index (χ3n) is 6.85. The molecule has 1 aliphatic rings. The molecule has 174 valence electrons. The fourth-order valence-corrected chi connectivity index (χ4v) is 5.10. The molecule has 5 atom stereocenters. The molecule has 1 unspecified atom stereocenters. The zero-order chi connectivity index (χ0) is 23.0. The molecule has 0 radical (unpaired) electrons. The van der Waals surface area contributed by atoms with Crippen LogP contribution in [0.5, 0.6) is 0 Å². The highest BCUT2D eigenvalue weighted by molar-refractivity contribution is 6.21. The van der Waals surface area contributed by atoms with Gasteiger partial charge in [-0.25, -0.2) is 0 Å². The van der Waals surface area contributed by atoms with Gasteiger partial charge in [0.2, 0.25) is 0 Å². The quantitative estimate of drug-likeness (QED) is 0.214. The highest BCUT2D eigenvalue weighted by atomic mass is 35.5. The summed E-state index contributed by atoms with van der Waals surface area (Å²) in [5.74, 6) is -0.646. The minimum absolute atomic E-state index is 0.0200. The van der Waals surface area contributed by atoms with Crippen LogP contribution in [0.15, 0.2) is 36.4 Å². The Balaban J connectivity index is 2.06. The van der Waals surface area contributed by atoms with Gasteiger partial charge in [0.1, 0.15) is 0 Å². The Labute approximate surface area is 192 Å². The summed E-state index contributed by atoms with van der Waals surface area (Å²) < 4.78 is 0. The Kier molecular flexibility index (Phi) is 10.1. The molecule has 0 amide bonds. The van der Waals surface area contributed by atoms with Gasteiger partial charge in [0, 0.05) is 23.1 Å². The van der Waals surface area contributed by atoms with E-state index in [0.29, 0.717) is 12.8 Å². The fourth-order valence-electron chi connectivity index (χ4n) is 4.65.